The van der Waals surface area contributed by atoms with E-state index in [1.807, 2.05) is 0 Å². The first-order chi connectivity index (χ1) is 13.4. The van der Waals surface area contributed by atoms with Crippen LogP contribution in [0.3, 0.4) is 0 Å². The minimum atomic E-state index is -0.870. The second-order valence-electron chi connectivity index (χ2n) is 5.55. The highest BCUT2D eigenvalue weighted by atomic mass is 32.2. The van der Waals surface area contributed by atoms with Crippen LogP contribution in [0.15, 0.2) is 52.1 Å². The molecule has 1 heterocycles. The van der Waals surface area contributed by atoms with Crippen LogP contribution in [0.5, 0.6) is 5.75 Å². The maximum atomic E-state index is 13.5. The van der Waals surface area contributed by atoms with Crippen molar-refractivity contribution in [3.05, 3.63) is 65.8 Å². The summed E-state index contributed by atoms with van der Waals surface area (Å²) in [5.74, 6) is -2.37. The summed E-state index contributed by atoms with van der Waals surface area (Å²) in [6, 6.07) is 8.72. The van der Waals surface area contributed by atoms with E-state index >= 15 is 0 Å². The van der Waals surface area contributed by atoms with E-state index in [1.165, 1.54) is 30.3 Å². The summed E-state index contributed by atoms with van der Waals surface area (Å²) in [5, 5.41) is 9.87. The molecule has 0 fully saturated rings. The van der Waals surface area contributed by atoms with Gasteiger partial charge in [0.1, 0.15) is 28.9 Å². The fraction of sp³-hybridized carbons (Fsp3) is 0.167. The molecule has 0 saturated heterocycles. The molecular weight excluding hydrogens is 395 g/mol. The Morgan fingerprint density at radius 2 is 1.82 bits per heavy atom. The summed E-state index contributed by atoms with van der Waals surface area (Å²) in [6.07, 6.45) is -0.603. The first-order valence-electron chi connectivity index (χ1n) is 8.04. The lowest BCUT2D eigenvalue weighted by Crippen LogP contribution is -2.16. The molecule has 0 aliphatic rings. The second-order valence-corrected chi connectivity index (χ2v) is 6.48. The van der Waals surface area contributed by atoms with Crippen molar-refractivity contribution in [1.29, 1.82) is 0 Å². The van der Waals surface area contributed by atoms with Crippen molar-refractivity contribution in [3.63, 3.8) is 0 Å². The molecule has 10 heteroatoms. The van der Waals surface area contributed by atoms with Crippen LogP contribution in [0, 0.1) is 17.5 Å². The lowest BCUT2D eigenvalue weighted by Gasteiger charge is -2.10. The maximum Gasteiger partial charge on any atom is 0.277 e. The minimum Gasteiger partial charge on any atom is -0.481 e. The molecule has 1 aromatic heterocycles. The lowest BCUT2D eigenvalue weighted by atomic mass is 10.3. The quantitative estimate of drug-likeness (QED) is 0.585. The van der Waals surface area contributed by atoms with E-state index in [0.717, 1.165) is 23.9 Å². The summed E-state index contributed by atoms with van der Waals surface area (Å²) in [6.45, 7) is 1.67. The Morgan fingerprint density at radius 1 is 1.14 bits per heavy atom. The Morgan fingerprint density at radius 3 is 2.50 bits per heavy atom. The first kappa shape index (κ1) is 19.7. The van der Waals surface area contributed by atoms with Gasteiger partial charge in [-0.3, -0.25) is 4.79 Å². The molecule has 146 valence electrons. The van der Waals surface area contributed by atoms with Crippen LogP contribution >= 0.6 is 11.8 Å². The number of hydrogen-bond acceptors (Lipinski definition) is 6. The zero-order valence-corrected chi connectivity index (χ0v) is 15.3. The summed E-state index contributed by atoms with van der Waals surface area (Å²) < 4.78 is 50.9. The van der Waals surface area contributed by atoms with Crippen molar-refractivity contribution in [3.8, 4) is 5.75 Å². The van der Waals surface area contributed by atoms with Crippen LogP contribution in [0.25, 0.3) is 0 Å². The second kappa shape index (κ2) is 8.79. The normalized spacial score (nSPS) is 11.9. The average Bonchev–Trinajstić information content (AvgIpc) is 3.14. The Bertz CT molecular complexity index is 946. The molecule has 0 radical (unpaired) electrons. The van der Waals surface area contributed by atoms with Crippen LogP contribution in [-0.2, 0) is 4.79 Å². The Kier molecular flexibility index (Phi) is 6.19. The fourth-order valence-corrected chi connectivity index (χ4v) is 2.70. The lowest BCUT2D eigenvalue weighted by molar-refractivity contribution is -0.113. The van der Waals surface area contributed by atoms with Gasteiger partial charge >= 0.3 is 0 Å². The molecule has 28 heavy (non-hydrogen) atoms. The molecular formula is C18H14F3N3O3S. The zero-order chi connectivity index (χ0) is 20.1. The molecule has 3 rings (SSSR count). The van der Waals surface area contributed by atoms with Crippen molar-refractivity contribution in [2.24, 2.45) is 0 Å². The number of hydrogen-bond donors (Lipinski definition) is 1. The van der Waals surface area contributed by atoms with Crippen LogP contribution in [0.2, 0.25) is 0 Å². The van der Waals surface area contributed by atoms with Gasteiger partial charge in [0.2, 0.25) is 5.91 Å². The zero-order valence-electron chi connectivity index (χ0n) is 14.5. The van der Waals surface area contributed by atoms with E-state index in [9.17, 15) is 18.0 Å². The molecule has 1 amide bonds. The Balaban J connectivity index is 1.54. The molecule has 0 saturated carbocycles. The standard InChI is InChI=1S/C18H14F3N3O3S/c1-10(26-12-7-5-11(19)6-8-12)17-23-24-18(27-17)28-9-15(25)22-16-13(20)3-2-4-14(16)21/h2-8,10H,9H2,1H3,(H,22,25)/t10-/m1/s1. The number of ether oxygens (including phenoxy) is 1. The number of thioether (sulfide) groups is 1. The van der Waals surface area contributed by atoms with Crippen molar-refractivity contribution in [1.82, 2.24) is 10.2 Å². The molecule has 2 aromatic carbocycles. The van der Waals surface area contributed by atoms with Gasteiger partial charge in [-0.2, -0.15) is 0 Å². The number of rotatable bonds is 7. The van der Waals surface area contributed by atoms with E-state index in [4.69, 9.17) is 9.15 Å². The highest BCUT2D eigenvalue weighted by Gasteiger charge is 2.18. The third kappa shape index (κ3) is 5.03. The number of amides is 1. The number of nitrogens with zero attached hydrogens (tertiary/aromatic N) is 2. The van der Waals surface area contributed by atoms with Gasteiger partial charge in [-0.05, 0) is 43.3 Å². The van der Waals surface area contributed by atoms with Gasteiger partial charge in [-0.25, -0.2) is 13.2 Å². The summed E-state index contributed by atoms with van der Waals surface area (Å²) in [7, 11) is 0. The van der Waals surface area contributed by atoms with Crippen molar-refractivity contribution < 1.29 is 27.1 Å². The van der Waals surface area contributed by atoms with Crippen LogP contribution in [-0.4, -0.2) is 21.9 Å². The number of anilines is 1. The smallest absolute Gasteiger partial charge is 0.277 e. The van der Waals surface area contributed by atoms with Crippen molar-refractivity contribution >= 4 is 23.4 Å². The summed E-state index contributed by atoms with van der Waals surface area (Å²) in [5.41, 5.74) is -0.513. The van der Waals surface area contributed by atoms with E-state index in [1.54, 1.807) is 6.92 Å². The highest BCUT2D eigenvalue weighted by Crippen LogP contribution is 2.24. The van der Waals surface area contributed by atoms with Gasteiger partial charge in [0.05, 0.1) is 5.75 Å². The van der Waals surface area contributed by atoms with Gasteiger partial charge in [0, 0.05) is 0 Å². The molecule has 0 bridgehead atoms. The SMILES string of the molecule is C[C@@H](Oc1ccc(F)cc1)c1nnc(SCC(=O)Nc2c(F)cccc2F)o1. The molecule has 0 spiro atoms. The topological polar surface area (TPSA) is 77.2 Å². The van der Waals surface area contributed by atoms with E-state index < -0.39 is 29.3 Å². The molecule has 1 atom stereocenters. The first-order valence-corrected chi connectivity index (χ1v) is 9.03. The van der Waals surface area contributed by atoms with Gasteiger partial charge in [-0.1, -0.05) is 17.8 Å². The predicted molar refractivity (Wildman–Crippen MR) is 95.5 cm³/mol. The van der Waals surface area contributed by atoms with E-state index in [-0.39, 0.29) is 22.7 Å². The summed E-state index contributed by atoms with van der Waals surface area (Å²) in [4.78, 5) is 11.9. The molecule has 0 aliphatic heterocycles. The Labute approximate surface area is 162 Å². The number of nitrogens with one attached hydrogen (secondary N) is 1. The van der Waals surface area contributed by atoms with Crippen LogP contribution in [0.1, 0.15) is 18.9 Å². The third-order valence-corrected chi connectivity index (χ3v) is 4.27. The van der Waals surface area contributed by atoms with Crippen LogP contribution < -0.4 is 10.1 Å². The van der Waals surface area contributed by atoms with Crippen molar-refractivity contribution in [2.45, 2.75) is 18.3 Å². The fourth-order valence-electron chi connectivity index (χ4n) is 2.13. The number of benzene rings is 2. The van der Waals surface area contributed by atoms with Gasteiger partial charge in [0.25, 0.3) is 11.1 Å². The molecule has 6 nitrogen and oxygen atoms in total. The number of halogens is 3. The highest BCUT2D eigenvalue weighted by molar-refractivity contribution is 7.99. The average molecular weight is 409 g/mol. The molecule has 1 N–H and O–H groups in total. The predicted octanol–water partition coefficient (Wildman–Crippen LogP) is 4.36. The van der Waals surface area contributed by atoms with Gasteiger partial charge in [0.15, 0.2) is 6.10 Å². The number of carbonyl (C=O) groups excluding carboxylic acids is 1. The molecule has 0 unspecified atom stereocenters. The number of aromatic nitrogens is 2. The van der Waals surface area contributed by atoms with Gasteiger partial charge in [-0.15, -0.1) is 10.2 Å². The summed E-state index contributed by atoms with van der Waals surface area (Å²) >= 11 is 0.904. The molecule has 3 aromatic rings. The van der Waals surface area contributed by atoms with E-state index in [2.05, 4.69) is 15.5 Å². The molecule has 0 aliphatic carbocycles. The van der Waals surface area contributed by atoms with Crippen molar-refractivity contribution in [2.75, 3.05) is 11.1 Å². The maximum absolute atomic E-state index is 13.5. The minimum absolute atomic E-state index is 0.0914. The van der Waals surface area contributed by atoms with Gasteiger partial charge < -0.3 is 14.5 Å². The Hall–Kier alpha value is -3.01. The largest absolute Gasteiger partial charge is 0.481 e. The number of carbonyl (C=O) groups is 1. The van der Waals surface area contributed by atoms with Crippen LogP contribution in [0.4, 0.5) is 18.9 Å². The van der Waals surface area contributed by atoms with E-state index in [0.29, 0.717) is 5.75 Å². The number of para-hydroxylation sites is 1. The monoisotopic (exact) mass is 409 g/mol. The third-order valence-electron chi connectivity index (χ3n) is 3.45.